The third-order valence-corrected chi connectivity index (χ3v) is 8.71. The first-order valence-electron chi connectivity index (χ1n) is 12.3. The molecule has 0 aliphatic carbocycles. The van der Waals surface area contributed by atoms with Gasteiger partial charge in [-0.3, -0.25) is 9.36 Å². The van der Waals surface area contributed by atoms with Crippen molar-refractivity contribution in [2.45, 2.75) is 75.0 Å². The highest BCUT2D eigenvalue weighted by atomic mass is 35.5. The predicted molar refractivity (Wildman–Crippen MR) is 144 cm³/mol. The molecule has 0 saturated carbocycles. The van der Waals surface area contributed by atoms with E-state index in [4.69, 9.17) is 31.8 Å². The van der Waals surface area contributed by atoms with Crippen LogP contribution >= 0.6 is 23.4 Å². The number of aryl methyl sites for hydroxylation is 1. The molecule has 0 unspecified atom stereocenters. The van der Waals surface area contributed by atoms with Crippen molar-refractivity contribution in [1.82, 2.24) is 19.9 Å². The number of carbonyl (C=O) groups is 1. The molecule has 10 nitrogen and oxygen atoms in total. The van der Waals surface area contributed by atoms with Crippen molar-refractivity contribution in [3.8, 4) is 0 Å². The van der Waals surface area contributed by atoms with Crippen LogP contribution in [-0.2, 0) is 16.5 Å². The van der Waals surface area contributed by atoms with Gasteiger partial charge in [-0.25, -0.2) is 14.8 Å². The average Bonchev–Trinajstić information content (AvgIpc) is 3.11. The molecule has 2 aromatic rings. The first-order valence-corrected chi connectivity index (χ1v) is 13.5. The number of carbonyl (C=O) groups excluding carboxylic acids is 1. The summed E-state index contributed by atoms with van der Waals surface area (Å²) in [6.07, 6.45) is 2.59. The number of nitrogens with zero attached hydrogens (tertiary/aromatic N) is 4. The monoisotopic (exact) mass is 550 g/mol. The molecule has 3 N–H and O–H groups in total. The van der Waals surface area contributed by atoms with E-state index in [1.165, 1.54) is 11.8 Å². The molecule has 4 heterocycles. The highest BCUT2D eigenvalue weighted by Gasteiger charge is 2.50. The van der Waals surface area contributed by atoms with Gasteiger partial charge < -0.3 is 25.4 Å². The molecule has 2 aliphatic heterocycles. The molecule has 4 rings (SSSR count). The first kappa shape index (κ1) is 27.5. The zero-order valence-corrected chi connectivity index (χ0v) is 23.7. The molecule has 1 spiro atoms. The van der Waals surface area contributed by atoms with E-state index < -0.39 is 11.7 Å². The molecule has 202 valence electrons. The van der Waals surface area contributed by atoms with Crippen LogP contribution in [0.3, 0.4) is 0 Å². The van der Waals surface area contributed by atoms with Crippen LogP contribution in [0, 0.1) is 12.3 Å². The molecule has 2 aromatic heterocycles. The van der Waals surface area contributed by atoms with Gasteiger partial charge in [0.1, 0.15) is 11.4 Å². The van der Waals surface area contributed by atoms with Gasteiger partial charge in [-0.2, -0.15) is 0 Å². The normalized spacial score (nSPS) is 21.3. The molecular weight excluding hydrogens is 516 g/mol. The Hall–Kier alpha value is -2.50. The maximum atomic E-state index is 13.3. The van der Waals surface area contributed by atoms with Crippen LogP contribution in [0.1, 0.15) is 46.2 Å². The summed E-state index contributed by atoms with van der Waals surface area (Å²) in [5.74, 6) is 0.836. The van der Waals surface area contributed by atoms with Crippen LogP contribution in [0.5, 0.6) is 0 Å². The molecule has 0 aromatic carbocycles. The summed E-state index contributed by atoms with van der Waals surface area (Å²) in [5.41, 5.74) is 5.52. The number of piperidine rings is 1. The minimum absolute atomic E-state index is 0.117. The van der Waals surface area contributed by atoms with Crippen molar-refractivity contribution < 1.29 is 14.3 Å². The van der Waals surface area contributed by atoms with Crippen molar-refractivity contribution >= 4 is 41.2 Å². The van der Waals surface area contributed by atoms with Crippen LogP contribution in [-0.4, -0.2) is 58.1 Å². The lowest BCUT2D eigenvalue weighted by Gasteiger charge is -2.43. The fourth-order valence-corrected chi connectivity index (χ4v) is 6.19. The smallest absolute Gasteiger partial charge is 0.407 e. The minimum Gasteiger partial charge on any atom is -0.444 e. The molecule has 37 heavy (non-hydrogen) atoms. The molecule has 2 fully saturated rings. The van der Waals surface area contributed by atoms with Gasteiger partial charge in [0.2, 0.25) is 5.95 Å². The van der Waals surface area contributed by atoms with Crippen molar-refractivity contribution in [3.05, 3.63) is 33.3 Å². The van der Waals surface area contributed by atoms with Crippen molar-refractivity contribution in [3.63, 3.8) is 0 Å². The second-order valence-corrected chi connectivity index (χ2v) is 12.2. The van der Waals surface area contributed by atoms with E-state index in [0.717, 1.165) is 12.8 Å². The molecule has 12 heteroatoms. The van der Waals surface area contributed by atoms with E-state index in [1.54, 1.807) is 23.9 Å². The number of hydrogen-bond acceptors (Lipinski definition) is 9. The van der Waals surface area contributed by atoms with Gasteiger partial charge in [0.25, 0.3) is 5.56 Å². The van der Waals surface area contributed by atoms with Gasteiger partial charge in [0, 0.05) is 36.6 Å². The van der Waals surface area contributed by atoms with Crippen molar-refractivity contribution in [2.24, 2.45) is 12.5 Å². The minimum atomic E-state index is -0.572. The van der Waals surface area contributed by atoms with E-state index >= 15 is 0 Å². The first-order chi connectivity index (χ1) is 17.3. The Morgan fingerprint density at radius 1 is 1.35 bits per heavy atom. The number of nitrogen functional groups attached to an aromatic ring is 1. The van der Waals surface area contributed by atoms with Crippen molar-refractivity contribution in [1.29, 1.82) is 0 Å². The quantitative estimate of drug-likeness (QED) is 0.585. The van der Waals surface area contributed by atoms with Crippen LogP contribution in [0.25, 0.3) is 0 Å². The summed E-state index contributed by atoms with van der Waals surface area (Å²) in [4.78, 5) is 37.9. The molecule has 0 radical (unpaired) electrons. The standard InChI is InChI=1S/C25H35ClN6O4S/c1-14-18(37-16-7-10-28-20(27)17(16)26)21(33)31(6)22(29-14)32-11-8-25(9-12-32)13-35-15(2)19(25)30-23(34)36-24(3,4)5/h7,10,15,19H,8-9,11-13H2,1-6H3,(H2,27,28)(H,30,34)/t15-,19+/m0/s1. The Morgan fingerprint density at radius 2 is 2.03 bits per heavy atom. The van der Waals surface area contributed by atoms with Gasteiger partial charge in [0.05, 0.1) is 34.4 Å². The third kappa shape index (κ3) is 5.68. The zero-order valence-electron chi connectivity index (χ0n) is 22.1. The van der Waals surface area contributed by atoms with Crippen LogP contribution in [0.15, 0.2) is 26.8 Å². The number of amides is 1. The number of rotatable bonds is 4. The fraction of sp³-hybridized carbons (Fsp3) is 0.600. The number of ether oxygens (including phenoxy) is 2. The number of pyridine rings is 1. The lowest BCUT2D eigenvalue weighted by molar-refractivity contribution is 0.0434. The highest BCUT2D eigenvalue weighted by Crippen LogP contribution is 2.43. The van der Waals surface area contributed by atoms with E-state index in [0.29, 0.717) is 46.2 Å². The zero-order chi connectivity index (χ0) is 27.1. The third-order valence-electron chi connectivity index (χ3n) is 6.97. The van der Waals surface area contributed by atoms with Gasteiger partial charge in [-0.15, -0.1) is 0 Å². The molecule has 2 saturated heterocycles. The molecule has 0 bridgehead atoms. The Bertz CT molecular complexity index is 1240. The largest absolute Gasteiger partial charge is 0.444 e. The summed E-state index contributed by atoms with van der Waals surface area (Å²) in [7, 11) is 1.73. The van der Waals surface area contributed by atoms with Gasteiger partial charge in [-0.1, -0.05) is 23.4 Å². The number of nitrogens with two attached hydrogens (primary N) is 1. The summed E-state index contributed by atoms with van der Waals surface area (Å²) >= 11 is 7.54. The SMILES string of the molecule is Cc1nc(N2CCC3(CC2)CO[C@@H](C)[C@H]3NC(=O)OC(C)(C)C)n(C)c(=O)c1Sc1ccnc(N)c1Cl. The van der Waals surface area contributed by atoms with E-state index in [9.17, 15) is 9.59 Å². The lowest BCUT2D eigenvalue weighted by atomic mass is 9.73. The van der Waals surface area contributed by atoms with Gasteiger partial charge >= 0.3 is 6.09 Å². The average molecular weight is 551 g/mol. The number of alkyl carbamates (subject to hydrolysis) is 1. The number of aromatic nitrogens is 3. The number of nitrogens with one attached hydrogen (secondary N) is 1. The Balaban J connectivity index is 1.51. The second-order valence-electron chi connectivity index (χ2n) is 10.8. The summed E-state index contributed by atoms with van der Waals surface area (Å²) in [5, 5.41) is 3.39. The molecular formula is C25H35ClN6O4S. The summed E-state index contributed by atoms with van der Waals surface area (Å²) in [6, 6.07) is 1.58. The maximum Gasteiger partial charge on any atom is 0.407 e. The maximum absolute atomic E-state index is 13.3. The Labute approximate surface area is 226 Å². The van der Waals surface area contributed by atoms with Crippen molar-refractivity contribution in [2.75, 3.05) is 30.3 Å². The molecule has 2 atom stereocenters. The topological polar surface area (TPSA) is 125 Å². The van der Waals surface area contributed by atoms with Gasteiger partial charge in [0.15, 0.2) is 0 Å². The Kier molecular flexibility index (Phi) is 7.69. The second kappa shape index (κ2) is 10.3. The summed E-state index contributed by atoms with van der Waals surface area (Å²) in [6.45, 7) is 11.3. The number of halogens is 1. The molecule has 2 aliphatic rings. The van der Waals surface area contributed by atoms with E-state index in [2.05, 4.69) is 15.2 Å². The highest BCUT2D eigenvalue weighted by molar-refractivity contribution is 7.99. The van der Waals surface area contributed by atoms with Crippen LogP contribution in [0.2, 0.25) is 5.02 Å². The fourth-order valence-electron chi connectivity index (χ4n) is 5.00. The predicted octanol–water partition coefficient (Wildman–Crippen LogP) is 3.77. The number of anilines is 2. The lowest BCUT2D eigenvalue weighted by Crippen LogP contribution is -2.55. The van der Waals surface area contributed by atoms with Crippen LogP contribution < -0.4 is 21.5 Å². The Morgan fingerprint density at radius 3 is 2.68 bits per heavy atom. The van der Waals surface area contributed by atoms with Crippen LogP contribution in [0.4, 0.5) is 16.6 Å². The van der Waals surface area contributed by atoms with E-state index in [1.807, 2.05) is 34.6 Å². The number of hydrogen-bond donors (Lipinski definition) is 2. The molecule has 1 amide bonds. The van der Waals surface area contributed by atoms with Gasteiger partial charge in [-0.05, 0) is 53.5 Å². The summed E-state index contributed by atoms with van der Waals surface area (Å²) < 4.78 is 13.1. The van der Waals surface area contributed by atoms with E-state index in [-0.39, 0.29) is 28.9 Å².